The Bertz CT molecular complexity index is 179. The van der Waals surface area contributed by atoms with E-state index < -0.39 is 24.5 Å². The second kappa shape index (κ2) is 5.98. The number of unbranched alkanes of at least 4 members (excludes halogenated alkanes) is 1. The minimum atomic E-state index is -4.56. The van der Waals surface area contributed by atoms with E-state index in [-0.39, 0.29) is 13.0 Å². The fourth-order valence-corrected chi connectivity index (χ4v) is 0.926. The van der Waals surface area contributed by atoms with Crippen LogP contribution in [0.2, 0.25) is 0 Å². The summed E-state index contributed by atoms with van der Waals surface area (Å²) < 4.78 is 35.0. The molecule has 1 atom stereocenters. The zero-order chi connectivity index (χ0) is 11.2. The number of carbonyl (C=O) groups excluding carboxylic acids is 1. The fourth-order valence-electron chi connectivity index (χ4n) is 0.926. The number of hydrogen-bond donors (Lipinski definition) is 2. The van der Waals surface area contributed by atoms with E-state index in [2.05, 4.69) is 0 Å². The molecule has 0 heterocycles. The molecule has 0 aromatic rings. The maximum Gasteiger partial charge on any atom is 0.396 e. The van der Waals surface area contributed by atoms with Crippen molar-refractivity contribution in [3.63, 3.8) is 0 Å². The lowest BCUT2D eigenvalue weighted by atomic mass is 10.1. The van der Waals surface area contributed by atoms with Crippen LogP contribution in [0.5, 0.6) is 0 Å². The van der Waals surface area contributed by atoms with Crippen LogP contribution in [0.3, 0.4) is 0 Å². The third-order valence-corrected chi connectivity index (χ3v) is 1.63. The van der Waals surface area contributed by atoms with Crippen molar-refractivity contribution in [1.82, 2.24) is 0 Å². The minimum absolute atomic E-state index is 0.0323. The van der Waals surface area contributed by atoms with Crippen LogP contribution in [-0.2, 0) is 4.79 Å². The number of alkyl halides is 3. The van der Waals surface area contributed by atoms with Gasteiger partial charge in [-0.15, -0.1) is 0 Å². The van der Waals surface area contributed by atoms with E-state index in [0.717, 1.165) is 0 Å². The highest BCUT2D eigenvalue weighted by atomic mass is 19.4. The Morgan fingerprint density at radius 3 is 2.29 bits per heavy atom. The molecular weight excluding hydrogens is 201 g/mol. The first-order valence-corrected chi connectivity index (χ1v) is 4.25. The van der Waals surface area contributed by atoms with Crippen molar-refractivity contribution in [2.45, 2.75) is 38.0 Å². The molecule has 0 aromatic heterocycles. The van der Waals surface area contributed by atoms with Gasteiger partial charge in [0.15, 0.2) is 5.78 Å². The number of hydrogen-bond acceptors (Lipinski definition) is 3. The van der Waals surface area contributed by atoms with Crippen LogP contribution < -0.4 is 0 Å². The van der Waals surface area contributed by atoms with Gasteiger partial charge in [-0.3, -0.25) is 4.79 Å². The molecule has 0 bridgehead atoms. The predicted molar refractivity (Wildman–Crippen MR) is 42.6 cm³/mol. The first-order valence-electron chi connectivity index (χ1n) is 4.25. The molecule has 0 aliphatic carbocycles. The summed E-state index contributed by atoms with van der Waals surface area (Å²) in [5, 5.41) is 17.3. The van der Waals surface area contributed by atoms with Crippen LogP contribution in [0.1, 0.15) is 25.7 Å². The van der Waals surface area contributed by atoms with E-state index >= 15 is 0 Å². The smallest absolute Gasteiger partial charge is 0.396 e. The first kappa shape index (κ1) is 13.4. The van der Waals surface area contributed by atoms with Crippen molar-refractivity contribution < 1.29 is 28.2 Å². The van der Waals surface area contributed by atoms with Gasteiger partial charge in [-0.2, -0.15) is 13.2 Å². The number of ketones is 1. The van der Waals surface area contributed by atoms with Crippen molar-refractivity contribution in [1.29, 1.82) is 0 Å². The minimum Gasteiger partial charge on any atom is -0.396 e. The van der Waals surface area contributed by atoms with Crippen molar-refractivity contribution in [3.05, 3.63) is 0 Å². The number of aliphatic hydroxyl groups is 2. The monoisotopic (exact) mass is 214 g/mol. The van der Waals surface area contributed by atoms with Crippen LogP contribution in [0.4, 0.5) is 13.2 Å². The normalized spacial score (nSPS) is 14.1. The molecule has 6 heteroatoms. The van der Waals surface area contributed by atoms with Crippen LogP contribution in [0.25, 0.3) is 0 Å². The van der Waals surface area contributed by atoms with E-state index in [4.69, 9.17) is 10.2 Å². The van der Waals surface area contributed by atoms with Gasteiger partial charge in [0, 0.05) is 6.61 Å². The second-order valence-corrected chi connectivity index (χ2v) is 2.99. The van der Waals surface area contributed by atoms with Gasteiger partial charge in [0.05, 0.1) is 0 Å². The third kappa shape index (κ3) is 6.85. The molecule has 0 spiro atoms. The van der Waals surface area contributed by atoms with E-state index in [9.17, 15) is 18.0 Å². The maximum atomic E-state index is 11.7. The molecule has 0 saturated carbocycles. The lowest BCUT2D eigenvalue weighted by Crippen LogP contribution is -2.26. The Morgan fingerprint density at radius 2 is 1.86 bits per heavy atom. The summed E-state index contributed by atoms with van der Waals surface area (Å²) in [7, 11) is 0. The molecule has 0 aliphatic heterocycles. The summed E-state index contributed by atoms with van der Waals surface area (Å²) in [4.78, 5) is 10.7. The van der Waals surface area contributed by atoms with Crippen molar-refractivity contribution >= 4 is 5.78 Å². The highest BCUT2D eigenvalue weighted by Gasteiger charge is 2.33. The molecule has 0 rings (SSSR count). The standard InChI is InChI=1S/C8H13F3O3/c9-8(10,11)5-7(14)6(13)3-1-2-4-12/h6,12-13H,1-5H2. The molecule has 3 nitrogen and oxygen atoms in total. The van der Waals surface area contributed by atoms with Crippen LogP contribution in [0, 0.1) is 0 Å². The lowest BCUT2D eigenvalue weighted by Gasteiger charge is -2.10. The Morgan fingerprint density at radius 1 is 1.29 bits per heavy atom. The van der Waals surface area contributed by atoms with Gasteiger partial charge in [-0.05, 0) is 19.3 Å². The molecule has 0 fully saturated rings. The zero-order valence-electron chi connectivity index (χ0n) is 7.55. The summed E-state index contributed by atoms with van der Waals surface area (Å²) >= 11 is 0. The molecule has 2 N–H and O–H groups in total. The second-order valence-electron chi connectivity index (χ2n) is 2.99. The summed E-state index contributed by atoms with van der Waals surface area (Å²) in [6.45, 7) is -0.0970. The Hall–Kier alpha value is -0.620. The SMILES string of the molecule is O=C(CC(F)(F)F)C(O)CCCCO. The Labute approximate surface area is 79.5 Å². The molecule has 14 heavy (non-hydrogen) atoms. The Balaban J connectivity index is 3.77. The highest BCUT2D eigenvalue weighted by molar-refractivity contribution is 5.83. The highest BCUT2D eigenvalue weighted by Crippen LogP contribution is 2.21. The number of halogens is 3. The largest absolute Gasteiger partial charge is 0.396 e. The van der Waals surface area contributed by atoms with Crippen molar-refractivity contribution in [2.24, 2.45) is 0 Å². The fraction of sp³-hybridized carbons (Fsp3) is 0.875. The van der Waals surface area contributed by atoms with E-state index in [1.54, 1.807) is 0 Å². The van der Waals surface area contributed by atoms with Gasteiger partial charge in [-0.25, -0.2) is 0 Å². The first-order chi connectivity index (χ1) is 6.37. The number of aliphatic hydroxyl groups excluding tert-OH is 2. The number of Topliss-reactive ketones (excluding diaryl/α,β-unsaturated/α-hetero) is 1. The van der Waals surface area contributed by atoms with E-state index in [1.165, 1.54) is 0 Å². The van der Waals surface area contributed by atoms with E-state index in [0.29, 0.717) is 12.8 Å². The molecule has 0 saturated heterocycles. The zero-order valence-corrected chi connectivity index (χ0v) is 7.55. The van der Waals surface area contributed by atoms with Crippen LogP contribution in [-0.4, -0.2) is 34.9 Å². The van der Waals surface area contributed by atoms with Crippen molar-refractivity contribution in [2.75, 3.05) is 6.61 Å². The van der Waals surface area contributed by atoms with Crippen LogP contribution in [0.15, 0.2) is 0 Å². The maximum absolute atomic E-state index is 11.7. The van der Waals surface area contributed by atoms with Gasteiger partial charge in [0.2, 0.25) is 0 Å². The molecular formula is C8H13F3O3. The molecule has 0 amide bonds. The predicted octanol–water partition coefficient (Wildman–Crippen LogP) is 1.03. The van der Waals surface area contributed by atoms with Crippen LogP contribution >= 0.6 is 0 Å². The summed E-state index contributed by atoms with van der Waals surface area (Å²) in [5.41, 5.74) is 0. The van der Waals surface area contributed by atoms with Gasteiger partial charge < -0.3 is 10.2 Å². The molecule has 1 unspecified atom stereocenters. The summed E-state index contributed by atoms with van der Waals surface area (Å²) in [6, 6.07) is 0. The summed E-state index contributed by atoms with van der Waals surface area (Å²) in [5.74, 6) is -1.21. The van der Waals surface area contributed by atoms with Gasteiger partial charge in [-0.1, -0.05) is 0 Å². The molecule has 0 aliphatic rings. The van der Waals surface area contributed by atoms with Crippen molar-refractivity contribution in [3.8, 4) is 0 Å². The van der Waals surface area contributed by atoms with E-state index in [1.807, 2.05) is 0 Å². The van der Waals surface area contributed by atoms with Gasteiger partial charge in [0.25, 0.3) is 0 Å². The topological polar surface area (TPSA) is 57.5 Å². The van der Waals surface area contributed by atoms with Gasteiger partial charge >= 0.3 is 6.18 Å². The number of rotatable bonds is 6. The average Bonchev–Trinajstić information content (AvgIpc) is 2.01. The summed E-state index contributed by atoms with van der Waals surface area (Å²) in [6.07, 6.45) is -7.04. The molecule has 0 aromatic carbocycles. The Kier molecular flexibility index (Phi) is 5.71. The lowest BCUT2D eigenvalue weighted by molar-refractivity contribution is -0.158. The number of carbonyl (C=O) groups is 1. The van der Waals surface area contributed by atoms with Gasteiger partial charge in [0.1, 0.15) is 12.5 Å². The average molecular weight is 214 g/mol. The molecule has 0 radical (unpaired) electrons. The molecule has 84 valence electrons. The quantitative estimate of drug-likeness (QED) is 0.649. The third-order valence-electron chi connectivity index (χ3n) is 1.63.